The lowest BCUT2D eigenvalue weighted by molar-refractivity contribution is 0.306. The molecule has 2 atom stereocenters. The van der Waals surface area contributed by atoms with Crippen molar-refractivity contribution in [2.24, 2.45) is 11.3 Å². The van der Waals surface area contributed by atoms with Crippen molar-refractivity contribution in [2.75, 3.05) is 6.54 Å². The van der Waals surface area contributed by atoms with Gasteiger partial charge in [-0.1, -0.05) is 27.7 Å². The van der Waals surface area contributed by atoms with Gasteiger partial charge in [-0.15, -0.1) is 0 Å². The zero-order valence-corrected chi connectivity index (χ0v) is 9.07. The largest absolute Gasteiger partial charge is 0.294 e. The molecule has 0 radical (unpaired) electrons. The molecule has 74 valence electrons. The molecule has 0 aliphatic rings. The molecule has 3 nitrogen and oxygen atoms in total. The van der Waals surface area contributed by atoms with E-state index < -0.39 is 11.3 Å². The molecule has 2 unspecified atom stereocenters. The van der Waals surface area contributed by atoms with Gasteiger partial charge in [-0.05, 0) is 17.8 Å². The normalized spacial score (nSPS) is 17.4. The second kappa shape index (κ2) is 4.94. The van der Waals surface area contributed by atoms with E-state index >= 15 is 0 Å². The molecule has 0 aliphatic carbocycles. The first-order valence-corrected chi connectivity index (χ1v) is 5.26. The van der Waals surface area contributed by atoms with Crippen LogP contribution in [0.15, 0.2) is 0 Å². The Hall–Kier alpha value is 0.0700. The standard InChI is InChI=1S/C8H19NO2S/c1-7(5-8(2,3)4)6-9-12(10)11/h7,9H,5-6H2,1-4H3,(H,10,11). The van der Waals surface area contributed by atoms with Gasteiger partial charge in [0.25, 0.3) is 0 Å². The van der Waals surface area contributed by atoms with E-state index in [1.54, 1.807) is 0 Å². The van der Waals surface area contributed by atoms with E-state index in [9.17, 15) is 4.21 Å². The van der Waals surface area contributed by atoms with Gasteiger partial charge < -0.3 is 0 Å². The summed E-state index contributed by atoms with van der Waals surface area (Å²) in [6.45, 7) is 9.17. The summed E-state index contributed by atoms with van der Waals surface area (Å²) in [5.41, 5.74) is 0.290. The summed E-state index contributed by atoms with van der Waals surface area (Å²) >= 11 is -1.86. The predicted molar refractivity (Wildman–Crippen MR) is 52.0 cm³/mol. The monoisotopic (exact) mass is 193 g/mol. The molecule has 4 heteroatoms. The van der Waals surface area contributed by atoms with Gasteiger partial charge in [-0.25, -0.2) is 8.93 Å². The second-order valence-corrected chi connectivity index (χ2v) is 5.25. The van der Waals surface area contributed by atoms with Gasteiger partial charge in [0.15, 0.2) is 0 Å². The molecule has 0 aromatic rings. The van der Waals surface area contributed by atoms with Crippen LogP contribution in [0.25, 0.3) is 0 Å². The number of hydrogen-bond donors (Lipinski definition) is 2. The van der Waals surface area contributed by atoms with Crippen molar-refractivity contribution in [1.82, 2.24) is 4.72 Å². The van der Waals surface area contributed by atoms with Crippen LogP contribution in [-0.4, -0.2) is 15.3 Å². The fourth-order valence-electron chi connectivity index (χ4n) is 1.33. The van der Waals surface area contributed by atoms with E-state index in [0.29, 0.717) is 12.5 Å². The highest BCUT2D eigenvalue weighted by Gasteiger charge is 2.15. The molecule has 0 spiro atoms. The summed E-state index contributed by atoms with van der Waals surface area (Å²) in [6, 6.07) is 0. The van der Waals surface area contributed by atoms with E-state index in [-0.39, 0.29) is 5.41 Å². The second-order valence-electron chi connectivity index (χ2n) is 4.47. The molecular formula is C8H19NO2S. The molecule has 0 bridgehead atoms. The minimum Gasteiger partial charge on any atom is -0.294 e. The highest BCUT2D eigenvalue weighted by atomic mass is 32.2. The number of hydrogen-bond acceptors (Lipinski definition) is 1. The van der Waals surface area contributed by atoms with E-state index in [4.69, 9.17) is 4.55 Å². The number of rotatable bonds is 4. The van der Waals surface area contributed by atoms with E-state index in [2.05, 4.69) is 32.4 Å². The Morgan fingerprint density at radius 1 is 1.50 bits per heavy atom. The molecule has 0 saturated heterocycles. The molecule has 0 fully saturated rings. The lowest BCUT2D eigenvalue weighted by Gasteiger charge is -2.22. The topological polar surface area (TPSA) is 49.3 Å². The minimum absolute atomic E-state index is 0.290. The molecular weight excluding hydrogens is 174 g/mol. The Kier molecular flexibility index (Phi) is 4.97. The molecule has 0 amide bonds. The fourth-order valence-corrected chi connectivity index (χ4v) is 1.76. The molecule has 0 saturated carbocycles. The van der Waals surface area contributed by atoms with Crippen molar-refractivity contribution in [3.63, 3.8) is 0 Å². The SMILES string of the molecule is CC(CNS(=O)O)CC(C)(C)C. The number of nitrogens with one attached hydrogen (secondary N) is 1. The zero-order valence-electron chi connectivity index (χ0n) is 8.26. The lowest BCUT2D eigenvalue weighted by Crippen LogP contribution is -2.25. The first-order valence-electron chi connectivity index (χ1n) is 4.15. The zero-order chi connectivity index (χ0) is 9.78. The summed E-state index contributed by atoms with van der Waals surface area (Å²) in [5, 5.41) is 0. The summed E-state index contributed by atoms with van der Waals surface area (Å²) in [5.74, 6) is 0.432. The third-order valence-corrected chi connectivity index (χ3v) is 1.93. The van der Waals surface area contributed by atoms with Crippen LogP contribution in [0.3, 0.4) is 0 Å². The van der Waals surface area contributed by atoms with Crippen LogP contribution in [0.4, 0.5) is 0 Å². The third kappa shape index (κ3) is 8.17. The van der Waals surface area contributed by atoms with E-state index in [1.807, 2.05) is 0 Å². The van der Waals surface area contributed by atoms with Gasteiger partial charge in [-0.2, -0.15) is 0 Å². The van der Waals surface area contributed by atoms with Crippen molar-refractivity contribution >= 4 is 11.3 Å². The van der Waals surface area contributed by atoms with Gasteiger partial charge >= 0.3 is 0 Å². The average Bonchev–Trinajstić information content (AvgIpc) is 1.79. The molecule has 0 aromatic heterocycles. The smallest absolute Gasteiger partial charge is 0.231 e. The van der Waals surface area contributed by atoms with Crippen molar-refractivity contribution in [1.29, 1.82) is 0 Å². The maximum absolute atomic E-state index is 10.3. The van der Waals surface area contributed by atoms with Crippen LogP contribution >= 0.6 is 0 Å². The highest BCUT2D eigenvalue weighted by molar-refractivity contribution is 7.77. The van der Waals surface area contributed by atoms with Gasteiger partial charge in [-0.3, -0.25) is 4.55 Å². The molecule has 2 N–H and O–H groups in total. The Bertz CT molecular complexity index is 154. The quantitative estimate of drug-likeness (QED) is 0.669. The summed E-state index contributed by atoms with van der Waals surface area (Å²) in [6.07, 6.45) is 1.05. The molecule has 0 aliphatic heterocycles. The Morgan fingerprint density at radius 2 is 2.00 bits per heavy atom. The maximum Gasteiger partial charge on any atom is 0.231 e. The van der Waals surface area contributed by atoms with Crippen molar-refractivity contribution in [3.8, 4) is 0 Å². The van der Waals surface area contributed by atoms with Crippen molar-refractivity contribution in [2.45, 2.75) is 34.1 Å². The average molecular weight is 193 g/mol. The van der Waals surface area contributed by atoms with Crippen molar-refractivity contribution in [3.05, 3.63) is 0 Å². The Labute approximate surface area is 77.4 Å². The van der Waals surface area contributed by atoms with Gasteiger partial charge in [0.05, 0.1) is 0 Å². The molecule has 0 aromatic carbocycles. The first-order chi connectivity index (χ1) is 5.31. The lowest BCUT2D eigenvalue weighted by atomic mass is 9.86. The van der Waals surface area contributed by atoms with Crippen LogP contribution in [0, 0.1) is 11.3 Å². The maximum atomic E-state index is 10.3. The van der Waals surface area contributed by atoms with Crippen LogP contribution in [0.5, 0.6) is 0 Å². The molecule has 12 heavy (non-hydrogen) atoms. The van der Waals surface area contributed by atoms with Crippen LogP contribution in [0.1, 0.15) is 34.1 Å². The molecule has 0 heterocycles. The summed E-state index contributed by atoms with van der Waals surface area (Å²) < 4.78 is 21.2. The van der Waals surface area contributed by atoms with E-state index in [1.165, 1.54) is 0 Å². The van der Waals surface area contributed by atoms with Crippen LogP contribution in [-0.2, 0) is 11.3 Å². The van der Waals surface area contributed by atoms with E-state index in [0.717, 1.165) is 6.42 Å². The highest BCUT2D eigenvalue weighted by Crippen LogP contribution is 2.23. The van der Waals surface area contributed by atoms with Gasteiger partial charge in [0, 0.05) is 6.54 Å². The van der Waals surface area contributed by atoms with Gasteiger partial charge in [0.1, 0.15) is 0 Å². The predicted octanol–water partition coefficient (Wildman–Crippen LogP) is 1.78. The fraction of sp³-hybridized carbons (Fsp3) is 1.00. The first kappa shape index (κ1) is 12.1. The van der Waals surface area contributed by atoms with Crippen LogP contribution < -0.4 is 4.72 Å². The van der Waals surface area contributed by atoms with Crippen molar-refractivity contribution < 1.29 is 8.76 Å². The van der Waals surface area contributed by atoms with Crippen LogP contribution in [0.2, 0.25) is 0 Å². The summed E-state index contributed by atoms with van der Waals surface area (Å²) in [4.78, 5) is 0. The Morgan fingerprint density at radius 3 is 2.33 bits per heavy atom. The molecule has 0 rings (SSSR count). The summed E-state index contributed by atoms with van der Waals surface area (Å²) in [7, 11) is 0. The third-order valence-electron chi connectivity index (χ3n) is 1.52. The van der Waals surface area contributed by atoms with Gasteiger partial charge in [0.2, 0.25) is 11.3 Å². The Balaban J connectivity index is 3.60. The minimum atomic E-state index is -1.86.